The zero-order valence-electron chi connectivity index (χ0n) is 17.0. The summed E-state index contributed by atoms with van der Waals surface area (Å²) >= 11 is 5.90. The number of aldehydes is 1. The summed E-state index contributed by atoms with van der Waals surface area (Å²) in [4.78, 5) is 35.2. The first-order valence-corrected chi connectivity index (χ1v) is 10.2. The number of carbonyl (C=O) groups excluding carboxylic acids is 2. The normalized spacial score (nSPS) is 16.0. The lowest BCUT2D eigenvalue weighted by Gasteiger charge is -2.21. The maximum atomic E-state index is 13.4. The van der Waals surface area contributed by atoms with Gasteiger partial charge >= 0.3 is 12.1 Å². The number of allylic oxidation sites excluding steroid dienone is 2. The number of hydrogen-bond acceptors (Lipinski definition) is 4. The average molecular weight is 479 g/mol. The van der Waals surface area contributed by atoms with Crippen molar-refractivity contribution in [2.75, 3.05) is 5.32 Å². The Morgan fingerprint density at radius 2 is 1.94 bits per heavy atom. The third kappa shape index (κ3) is 5.31. The molecule has 0 aromatic heterocycles. The Labute approximate surface area is 191 Å². The minimum absolute atomic E-state index is 0.0261. The Morgan fingerprint density at radius 3 is 2.52 bits per heavy atom. The minimum atomic E-state index is -4.83. The quantitative estimate of drug-likeness (QED) is 0.371. The molecule has 0 radical (unpaired) electrons. The first-order chi connectivity index (χ1) is 15.5. The molecule has 1 atom stereocenters. The lowest BCUT2D eigenvalue weighted by Crippen LogP contribution is -2.22. The molecule has 3 N–H and O–H groups in total. The molecule has 6 nitrogen and oxygen atoms in total. The predicted octanol–water partition coefficient (Wildman–Crippen LogP) is 5.60. The van der Waals surface area contributed by atoms with Crippen LogP contribution in [0.1, 0.15) is 51.1 Å². The second-order valence-electron chi connectivity index (χ2n) is 7.45. The summed E-state index contributed by atoms with van der Waals surface area (Å²) in [6.45, 7) is 0. The molecule has 0 saturated carbocycles. The van der Waals surface area contributed by atoms with Crippen molar-refractivity contribution < 1.29 is 32.7 Å². The molecular weight excluding hydrogens is 461 g/mol. The van der Waals surface area contributed by atoms with Crippen LogP contribution in [0, 0.1) is 11.3 Å². The van der Waals surface area contributed by atoms with Gasteiger partial charge in [0.25, 0.3) is 5.91 Å². The molecule has 0 spiro atoms. The van der Waals surface area contributed by atoms with Gasteiger partial charge in [-0.3, -0.25) is 19.8 Å². The number of hydrogen-bond donors (Lipinski definition) is 3. The lowest BCUT2D eigenvalue weighted by atomic mass is 9.85. The number of rotatable bonds is 6. The van der Waals surface area contributed by atoms with Gasteiger partial charge in [-0.15, -0.1) is 0 Å². The standard InChI is InChI=1S/C23H18ClF3N2O4/c24-17-3-1-2-16(23(25,26)27)19(17)21(31)29-18-10-12(11-30)4-9-15(18)20(28)13-5-7-14(8-6-13)22(32)33/h1-5,9-11,14,28H,6-8H2,(H,29,31)(H,32,33). The summed E-state index contributed by atoms with van der Waals surface area (Å²) in [6.07, 6.45) is -1.84. The molecule has 0 fully saturated rings. The van der Waals surface area contributed by atoms with Gasteiger partial charge in [-0.2, -0.15) is 13.2 Å². The fourth-order valence-electron chi connectivity index (χ4n) is 3.59. The van der Waals surface area contributed by atoms with Crippen LogP contribution in [0.15, 0.2) is 48.0 Å². The molecule has 1 unspecified atom stereocenters. The maximum Gasteiger partial charge on any atom is 0.417 e. The minimum Gasteiger partial charge on any atom is -0.481 e. The number of halogens is 4. The smallest absolute Gasteiger partial charge is 0.417 e. The van der Waals surface area contributed by atoms with Crippen LogP contribution in [0.4, 0.5) is 18.9 Å². The fourth-order valence-corrected chi connectivity index (χ4v) is 3.85. The Bertz CT molecular complexity index is 1170. The van der Waals surface area contributed by atoms with Crippen molar-refractivity contribution in [2.24, 2.45) is 5.92 Å². The third-order valence-corrected chi connectivity index (χ3v) is 5.64. The number of benzene rings is 2. The largest absolute Gasteiger partial charge is 0.481 e. The number of nitrogens with one attached hydrogen (secondary N) is 2. The number of alkyl halides is 3. The first-order valence-electron chi connectivity index (χ1n) is 9.80. The van der Waals surface area contributed by atoms with Gasteiger partial charge in [-0.25, -0.2) is 0 Å². The Kier molecular flexibility index (Phi) is 7.02. The van der Waals surface area contributed by atoms with Gasteiger partial charge < -0.3 is 10.4 Å². The Morgan fingerprint density at radius 1 is 1.21 bits per heavy atom. The van der Waals surface area contributed by atoms with E-state index < -0.39 is 40.1 Å². The summed E-state index contributed by atoms with van der Waals surface area (Å²) in [7, 11) is 0. The van der Waals surface area contributed by atoms with Crippen molar-refractivity contribution in [1.82, 2.24) is 0 Å². The lowest BCUT2D eigenvalue weighted by molar-refractivity contribution is -0.142. The van der Waals surface area contributed by atoms with E-state index in [1.165, 1.54) is 18.2 Å². The molecule has 0 aliphatic heterocycles. The van der Waals surface area contributed by atoms with Crippen LogP contribution in [0.3, 0.4) is 0 Å². The predicted molar refractivity (Wildman–Crippen MR) is 116 cm³/mol. The van der Waals surface area contributed by atoms with Crippen molar-refractivity contribution in [3.05, 3.63) is 75.3 Å². The summed E-state index contributed by atoms with van der Waals surface area (Å²) in [5.41, 5.74) is -1.20. The molecule has 2 aromatic carbocycles. The number of aliphatic carboxylic acids is 1. The van der Waals surface area contributed by atoms with Gasteiger partial charge in [-0.05, 0) is 43.0 Å². The van der Waals surface area contributed by atoms with Crippen LogP contribution in [0.5, 0.6) is 0 Å². The molecule has 33 heavy (non-hydrogen) atoms. The fraction of sp³-hybridized carbons (Fsp3) is 0.217. The highest BCUT2D eigenvalue weighted by molar-refractivity contribution is 6.34. The van der Waals surface area contributed by atoms with E-state index in [-0.39, 0.29) is 28.9 Å². The van der Waals surface area contributed by atoms with Gasteiger partial charge in [-0.1, -0.05) is 35.9 Å². The monoisotopic (exact) mass is 478 g/mol. The summed E-state index contributed by atoms with van der Waals surface area (Å²) < 4.78 is 40.2. The molecule has 2 aromatic rings. The topological polar surface area (TPSA) is 107 Å². The number of carbonyl (C=O) groups is 3. The summed E-state index contributed by atoms with van der Waals surface area (Å²) in [6, 6.07) is 7.04. The van der Waals surface area contributed by atoms with Gasteiger partial charge in [0.15, 0.2) is 0 Å². The van der Waals surface area contributed by atoms with Gasteiger partial charge in [0.2, 0.25) is 0 Å². The van der Waals surface area contributed by atoms with E-state index in [0.717, 1.165) is 18.2 Å². The van der Waals surface area contributed by atoms with Crippen LogP contribution in [0.25, 0.3) is 0 Å². The van der Waals surface area contributed by atoms with Gasteiger partial charge in [0, 0.05) is 11.1 Å². The van der Waals surface area contributed by atoms with Gasteiger partial charge in [0.05, 0.1) is 33.5 Å². The average Bonchev–Trinajstić information content (AvgIpc) is 2.77. The van der Waals surface area contributed by atoms with Crippen LogP contribution >= 0.6 is 11.6 Å². The van der Waals surface area contributed by atoms with Gasteiger partial charge in [0.1, 0.15) is 6.29 Å². The highest BCUT2D eigenvalue weighted by Gasteiger charge is 2.36. The van der Waals surface area contributed by atoms with E-state index in [1.807, 2.05) is 0 Å². The number of carboxylic acids is 1. The number of anilines is 1. The molecule has 1 aliphatic carbocycles. The molecule has 0 heterocycles. The molecule has 3 rings (SSSR count). The van der Waals surface area contributed by atoms with Crippen molar-refractivity contribution in [3.63, 3.8) is 0 Å². The molecule has 10 heteroatoms. The van der Waals surface area contributed by atoms with Crippen LogP contribution in [0.2, 0.25) is 5.02 Å². The molecular formula is C23H18ClF3N2O4. The van der Waals surface area contributed by atoms with Crippen molar-refractivity contribution in [2.45, 2.75) is 25.4 Å². The molecule has 1 aliphatic rings. The highest BCUT2D eigenvalue weighted by atomic mass is 35.5. The van der Waals surface area contributed by atoms with E-state index in [9.17, 15) is 27.6 Å². The first kappa shape index (κ1) is 24.2. The second-order valence-corrected chi connectivity index (χ2v) is 7.86. The van der Waals surface area contributed by atoms with Crippen LogP contribution in [-0.2, 0) is 11.0 Å². The zero-order chi connectivity index (χ0) is 24.3. The summed E-state index contributed by atoms with van der Waals surface area (Å²) in [5, 5.41) is 19.6. The number of carboxylic acid groups (broad SMARTS) is 1. The Hall–Kier alpha value is -3.46. The van der Waals surface area contributed by atoms with E-state index in [4.69, 9.17) is 22.1 Å². The van der Waals surface area contributed by atoms with Crippen LogP contribution < -0.4 is 5.32 Å². The molecule has 0 saturated heterocycles. The summed E-state index contributed by atoms with van der Waals surface area (Å²) in [5.74, 6) is -2.63. The number of amides is 1. The van der Waals surface area contributed by atoms with Crippen molar-refractivity contribution >= 4 is 41.2 Å². The van der Waals surface area contributed by atoms with E-state index in [1.54, 1.807) is 6.08 Å². The van der Waals surface area contributed by atoms with E-state index in [2.05, 4.69) is 5.32 Å². The van der Waals surface area contributed by atoms with Crippen molar-refractivity contribution in [3.8, 4) is 0 Å². The SMILES string of the molecule is N=C(C1=CCC(C(=O)O)CC1)c1ccc(C=O)cc1NC(=O)c1c(Cl)cccc1C(F)(F)F. The molecule has 172 valence electrons. The maximum absolute atomic E-state index is 13.4. The van der Waals surface area contributed by atoms with E-state index >= 15 is 0 Å². The molecule has 0 bridgehead atoms. The van der Waals surface area contributed by atoms with E-state index in [0.29, 0.717) is 24.7 Å². The molecule has 1 amide bonds. The zero-order valence-corrected chi connectivity index (χ0v) is 17.8. The second kappa shape index (κ2) is 9.58. The van der Waals surface area contributed by atoms with Crippen molar-refractivity contribution in [1.29, 1.82) is 5.41 Å². The highest BCUT2D eigenvalue weighted by Crippen LogP contribution is 2.36. The van der Waals surface area contributed by atoms with Crippen LogP contribution in [-0.4, -0.2) is 29.0 Å². The third-order valence-electron chi connectivity index (χ3n) is 5.32. The Balaban J connectivity index is 1.98.